The Kier molecular flexibility index (Phi) is 5.30. The molecule has 0 unspecified atom stereocenters. The van der Waals surface area contributed by atoms with Gasteiger partial charge in [-0.2, -0.15) is 0 Å². The zero-order valence-electron chi connectivity index (χ0n) is 11.4. The van der Waals surface area contributed by atoms with Crippen LogP contribution in [0.25, 0.3) is 0 Å². The van der Waals surface area contributed by atoms with Crippen LogP contribution in [0.4, 0.5) is 0 Å². The Morgan fingerprint density at radius 2 is 1.58 bits per heavy atom. The van der Waals surface area contributed by atoms with Gasteiger partial charge in [-0.05, 0) is 12.5 Å². The number of carbonyl (C=O) groups excluding carboxylic acids is 2. The molecule has 4 nitrogen and oxygen atoms in total. The zero-order chi connectivity index (χ0) is 14.4. The maximum absolute atomic E-state index is 11.8. The standard InChI is InChI=1S/C15H18O4/c1-5-12(11-8-6-10(2)7-9-11)13(14(16)18-3)15(17)19-4/h5-9,12-13H,1H2,2-4H3/t12-/m0/s1. The molecule has 0 aliphatic heterocycles. The van der Waals surface area contributed by atoms with E-state index in [-0.39, 0.29) is 0 Å². The van der Waals surface area contributed by atoms with Gasteiger partial charge >= 0.3 is 11.9 Å². The highest BCUT2D eigenvalue weighted by atomic mass is 16.5. The van der Waals surface area contributed by atoms with E-state index in [0.717, 1.165) is 11.1 Å². The second-order valence-corrected chi connectivity index (χ2v) is 4.20. The van der Waals surface area contributed by atoms with Crippen molar-refractivity contribution in [3.63, 3.8) is 0 Å². The van der Waals surface area contributed by atoms with Crippen molar-refractivity contribution in [3.05, 3.63) is 48.0 Å². The molecule has 0 spiro atoms. The fraction of sp³-hybridized carbons (Fsp3) is 0.333. The van der Waals surface area contributed by atoms with Crippen LogP contribution in [0.1, 0.15) is 17.0 Å². The molecule has 19 heavy (non-hydrogen) atoms. The number of hydrogen-bond acceptors (Lipinski definition) is 4. The van der Waals surface area contributed by atoms with Gasteiger partial charge in [0, 0.05) is 5.92 Å². The summed E-state index contributed by atoms with van der Waals surface area (Å²) in [5, 5.41) is 0. The van der Waals surface area contributed by atoms with E-state index >= 15 is 0 Å². The third-order valence-corrected chi connectivity index (χ3v) is 2.99. The van der Waals surface area contributed by atoms with Gasteiger partial charge < -0.3 is 9.47 Å². The number of benzene rings is 1. The van der Waals surface area contributed by atoms with E-state index in [2.05, 4.69) is 16.1 Å². The summed E-state index contributed by atoms with van der Waals surface area (Å²) in [7, 11) is 2.49. The van der Waals surface area contributed by atoms with Gasteiger partial charge in [0.05, 0.1) is 14.2 Å². The van der Waals surface area contributed by atoms with Crippen LogP contribution in [0, 0.1) is 12.8 Å². The van der Waals surface area contributed by atoms with Crippen LogP contribution < -0.4 is 0 Å². The van der Waals surface area contributed by atoms with Crippen LogP contribution in [-0.2, 0) is 19.1 Å². The molecule has 0 aromatic heterocycles. The molecule has 0 aliphatic carbocycles. The van der Waals surface area contributed by atoms with Crippen molar-refractivity contribution in [1.82, 2.24) is 0 Å². The SMILES string of the molecule is C=C[C@@H](c1ccc(C)cc1)C(C(=O)OC)C(=O)OC. The van der Waals surface area contributed by atoms with E-state index in [1.54, 1.807) is 6.08 Å². The van der Waals surface area contributed by atoms with E-state index in [4.69, 9.17) is 0 Å². The van der Waals surface area contributed by atoms with E-state index < -0.39 is 23.8 Å². The van der Waals surface area contributed by atoms with Crippen LogP contribution in [-0.4, -0.2) is 26.2 Å². The van der Waals surface area contributed by atoms with Gasteiger partial charge in [0.25, 0.3) is 0 Å². The fourth-order valence-electron chi connectivity index (χ4n) is 1.90. The zero-order valence-corrected chi connectivity index (χ0v) is 11.4. The lowest BCUT2D eigenvalue weighted by atomic mass is 9.85. The molecule has 1 aromatic carbocycles. The van der Waals surface area contributed by atoms with Gasteiger partial charge in [-0.3, -0.25) is 9.59 Å². The summed E-state index contributed by atoms with van der Waals surface area (Å²) in [6.07, 6.45) is 1.56. The quantitative estimate of drug-likeness (QED) is 0.464. The number of ether oxygens (including phenoxy) is 2. The predicted molar refractivity (Wildman–Crippen MR) is 71.6 cm³/mol. The Bertz CT molecular complexity index is 446. The van der Waals surface area contributed by atoms with E-state index in [1.807, 2.05) is 31.2 Å². The minimum absolute atomic E-state index is 0.472. The summed E-state index contributed by atoms with van der Waals surface area (Å²) in [4.78, 5) is 23.6. The topological polar surface area (TPSA) is 52.6 Å². The maximum Gasteiger partial charge on any atom is 0.321 e. The Balaban J connectivity index is 3.16. The monoisotopic (exact) mass is 262 g/mol. The molecule has 0 radical (unpaired) electrons. The smallest absolute Gasteiger partial charge is 0.321 e. The van der Waals surface area contributed by atoms with Gasteiger partial charge in [-0.15, -0.1) is 6.58 Å². The molecular weight excluding hydrogens is 244 g/mol. The number of allylic oxidation sites excluding steroid dienone is 1. The van der Waals surface area contributed by atoms with Crippen molar-refractivity contribution < 1.29 is 19.1 Å². The number of rotatable bonds is 5. The lowest BCUT2D eigenvalue weighted by Crippen LogP contribution is -2.31. The van der Waals surface area contributed by atoms with Crippen molar-refractivity contribution in [2.75, 3.05) is 14.2 Å². The van der Waals surface area contributed by atoms with Crippen molar-refractivity contribution in [1.29, 1.82) is 0 Å². The molecule has 1 atom stereocenters. The molecular formula is C15H18O4. The van der Waals surface area contributed by atoms with Gasteiger partial charge in [-0.1, -0.05) is 35.9 Å². The van der Waals surface area contributed by atoms with E-state index in [1.165, 1.54) is 14.2 Å². The Hall–Kier alpha value is -2.10. The first kappa shape index (κ1) is 15.0. The molecule has 0 heterocycles. The first-order valence-electron chi connectivity index (χ1n) is 5.90. The number of methoxy groups -OCH3 is 2. The third-order valence-electron chi connectivity index (χ3n) is 2.99. The summed E-state index contributed by atoms with van der Waals surface area (Å²) in [5.74, 6) is -2.76. The second-order valence-electron chi connectivity index (χ2n) is 4.20. The molecule has 0 saturated carbocycles. The largest absolute Gasteiger partial charge is 0.468 e. The summed E-state index contributed by atoms with van der Waals surface area (Å²) in [6.45, 7) is 5.66. The summed E-state index contributed by atoms with van der Waals surface area (Å²) >= 11 is 0. The van der Waals surface area contributed by atoms with E-state index in [0.29, 0.717) is 0 Å². The first-order chi connectivity index (χ1) is 9.04. The first-order valence-corrected chi connectivity index (χ1v) is 5.90. The minimum atomic E-state index is -1.03. The van der Waals surface area contributed by atoms with Gasteiger partial charge in [0.1, 0.15) is 0 Å². The van der Waals surface area contributed by atoms with Crippen molar-refractivity contribution >= 4 is 11.9 Å². The second kappa shape index (κ2) is 6.73. The lowest BCUT2D eigenvalue weighted by molar-refractivity contribution is -0.159. The van der Waals surface area contributed by atoms with Crippen molar-refractivity contribution in [2.24, 2.45) is 5.92 Å². The van der Waals surface area contributed by atoms with Crippen LogP contribution in [0.5, 0.6) is 0 Å². The van der Waals surface area contributed by atoms with Gasteiger partial charge in [-0.25, -0.2) is 0 Å². The Labute approximate surface area is 113 Å². The minimum Gasteiger partial charge on any atom is -0.468 e. The molecule has 1 aromatic rings. The fourth-order valence-corrected chi connectivity index (χ4v) is 1.90. The normalized spacial score (nSPS) is 11.8. The molecule has 0 amide bonds. The summed E-state index contributed by atoms with van der Waals surface area (Å²) in [5.41, 5.74) is 1.92. The third kappa shape index (κ3) is 3.44. The number of carbonyl (C=O) groups is 2. The highest BCUT2D eigenvalue weighted by molar-refractivity contribution is 5.96. The van der Waals surface area contributed by atoms with Gasteiger partial charge in [0.2, 0.25) is 0 Å². The molecule has 102 valence electrons. The Morgan fingerprint density at radius 1 is 1.11 bits per heavy atom. The average molecular weight is 262 g/mol. The Morgan fingerprint density at radius 3 is 1.95 bits per heavy atom. The maximum atomic E-state index is 11.8. The van der Waals surface area contributed by atoms with Crippen LogP contribution >= 0.6 is 0 Å². The highest BCUT2D eigenvalue weighted by Crippen LogP contribution is 2.28. The summed E-state index contributed by atoms with van der Waals surface area (Å²) in [6, 6.07) is 7.55. The molecule has 4 heteroatoms. The predicted octanol–water partition coefficient (Wildman–Crippen LogP) is 2.23. The highest BCUT2D eigenvalue weighted by Gasteiger charge is 2.36. The van der Waals surface area contributed by atoms with Crippen molar-refractivity contribution in [3.8, 4) is 0 Å². The van der Waals surface area contributed by atoms with Crippen LogP contribution in [0.2, 0.25) is 0 Å². The number of esters is 2. The molecule has 1 rings (SSSR count). The van der Waals surface area contributed by atoms with Gasteiger partial charge in [0.15, 0.2) is 5.92 Å². The molecule has 0 N–H and O–H groups in total. The van der Waals surface area contributed by atoms with Crippen LogP contribution in [0.15, 0.2) is 36.9 Å². The summed E-state index contributed by atoms with van der Waals surface area (Å²) < 4.78 is 9.35. The number of hydrogen-bond donors (Lipinski definition) is 0. The number of aryl methyl sites for hydroxylation is 1. The lowest BCUT2D eigenvalue weighted by Gasteiger charge is -2.20. The molecule has 0 fully saturated rings. The molecule has 0 bridgehead atoms. The van der Waals surface area contributed by atoms with Crippen molar-refractivity contribution in [2.45, 2.75) is 12.8 Å². The molecule has 0 aliphatic rings. The van der Waals surface area contributed by atoms with E-state index in [9.17, 15) is 9.59 Å². The average Bonchev–Trinajstić information content (AvgIpc) is 2.44. The molecule has 0 saturated heterocycles. The van der Waals surface area contributed by atoms with Crippen LogP contribution in [0.3, 0.4) is 0 Å².